The monoisotopic (exact) mass is 264 g/mol. The third-order valence-electron chi connectivity index (χ3n) is 4.23. The fraction of sp³-hybridized carbons (Fsp3) is 0.733. The van der Waals surface area contributed by atoms with Gasteiger partial charge in [-0.25, -0.2) is 0 Å². The zero-order valence-electron chi connectivity index (χ0n) is 11.3. The second-order valence-corrected chi connectivity index (χ2v) is 7.02. The Kier molecular flexibility index (Phi) is 4.02. The lowest BCUT2D eigenvalue weighted by Gasteiger charge is -2.32. The fourth-order valence-corrected chi connectivity index (χ4v) is 3.85. The van der Waals surface area contributed by atoms with Crippen molar-refractivity contribution in [1.29, 1.82) is 0 Å². The third kappa shape index (κ3) is 3.34. The van der Waals surface area contributed by atoms with Gasteiger partial charge in [-0.2, -0.15) is 0 Å². The van der Waals surface area contributed by atoms with Gasteiger partial charge >= 0.3 is 0 Å². The molecule has 2 heterocycles. The second kappa shape index (κ2) is 5.72. The fourth-order valence-electron chi connectivity index (χ4n) is 3.12. The van der Waals surface area contributed by atoms with E-state index in [9.17, 15) is 0 Å². The normalized spacial score (nSPS) is 28.8. The van der Waals surface area contributed by atoms with E-state index in [1.807, 2.05) is 11.3 Å². The summed E-state index contributed by atoms with van der Waals surface area (Å²) in [5, 5.41) is 5.76. The predicted octanol–water partition coefficient (Wildman–Crippen LogP) is 3.10. The van der Waals surface area contributed by atoms with Crippen LogP contribution >= 0.6 is 11.3 Å². The highest BCUT2D eigenvalue weighted by atomic mass is 32.1. The predicted molar refractivity (Wildman–Crippen MR) is 77.9 cm³/mol. The lowest BCUT2D eigenvalue weighted by Crippen LogP contribution is -2.41. The van der Waals surface area contributed by atoms with Crippen LogP contribution in [0.15, 0.2) is 17.5 Å². The number of piperidine rings is 1. The molecule has 100 valence electrons. The van der Waals surface area contributed by atoms with Crippen molar-refractivity contribution in [2.75, 3.05) is 13.1 Å². The molecule has 0 amide bonds. The molecule has 1 N–H and O–H groups in total. The molecule has 1 aliphatic carbocycles. The van der Waals surface area contributed by atoms with Crippen molar-refractivity contribution in [2.24, 2.45) is 5.92 Å². The van der Waals surface area contributed by atoms with Gasteiger partial charge in [0.2, 0.25) is 0 Å². The number of hydrogen-bond acceptors (Lipinski definition) is 3. The first-order chi connectivity index (χ1) is 8.81. The SMILES string of the molecule is CC1CC(CN(Cc2cccs2)C2CC2)CCN1. The third-order valence-corrected chi connectivity index (χ3v) is 5.09. The lowest BCUT2D eigenvalue weighted by atomic mass is 9.92. The van der Waals surface area contributed by atoms with Gasteiger partial charge in [0, 0.05) is 30.1 Å². The van der Waals surface area contributed by atoms with E-state index in [4.69, 9.17) is 0 Å². The number of rotatable bonds is 5. The molecule has 2 unspecified atom stereocenters. The molecule has 0 aromatic carbocycles. The Morgan fingerprint density at radius 3 is 2.94 bits per heavy atom. The van der Waals surface area contributed by atoms with Crippen LogP contribution in [0.3, 0.4) is 0 Å². The lowest BCUT2D eigenvalue weighted by molar-refractivity contribution is 0.179. The van der Waals surface area contributed by atoms with E-state index < -0.39 is 0 Å². The van der Waals surface area contributed by atoms with Gasteiger partial charge < -0.3 is 5.32 Å². The number of nitrogens with zero attached hydrogens (tertiary/aromatic N) is 1. The van der Waals surface area contributed by atoms with Crippen molar-refractivity contribution in [3.63, 3.8) is 0 Å². The molecule has 1 saturated heterocycles. The Hall–Kier alpha value is -0.380. The Labute approximate surface area is 114 Å². The van der Waals surface area contributed by atoms with Gasteiger partial charge in [-0.05, 0) is 56.5 Å². The maximum absolute atomic E-state index is 3.56. The van der Waals surface area contributed by atoms with Crippen LogP contribution in [-0.4, -0.2) is 30.1 Å². The van der Waals surface area contributed by atoms with Crippen LogP contribution < -0.4 is 5.32 Å². The molecule has 18 heavy (non-hydrogen) atoms. The summed E-state index contributed by atoms with van der Waals surface area (Å²) in [6, 6.07) is 6.06. The maximum Gasteiger partial charge on any atom is 0.0330 e. The van der Waals surface area contributed by atoms with E-state index in [1.54, 1.807) is 0 Å². The minimum Gasteiger partial charge on any atom is -0.314 e. The van der Waals surface area contributed by atoms with Crippen LogP contribution in [-0.2, 0) is 6.54 Å². The molecule has 1 saturated carbocycles. The zero-order chi connectivity index (χ0) is 12.4. The second-order valence-electron chi connectivity index (χ2n) is 5.99. The smallest absolute Gasteiger partial charge is 0.0330 e. The summed E-state index contributed by atoms with van der Waals surface area (Å²) in [6.45, 7) is 6.03. The van der Waals surface area contributed by atoms with E-state index >= 15 is 0 Å². The van der Waals surface area contributed by atoms with Gasteiger partial charge in [0.15, 0.2) is 0 Å². The first-order valence-corrected chi connectivity index (χ1v) is 8.19. The number of hydrogen-bond donors (Lipinski definition) is 1. The van der Waals surface area contributed by atoms with E-state index in [0.29, 0.717) is 6.04 Å². The van der Waals surface area contributed by atoms with Gasteiger partial charge in [-0.3, -0.25) is 4.90 Å². The number of nitrogens with one attached hydrogen (secondary N) is 1. The summed E-state index contributed by atoms with van der Waals surface area (Å²) in [6.07, 6.45) is 5.56. The molecule has 2 fully saturated rings. The van der Waals surface area contributed by atoms with Crippen molar-refractivity contribution in [3.05, 3.63) is 22.4 Å². The minimum absolute atomic E-state index is 0.714. The first-order valence-electron chi connectivity index (χ1n) is 7.31. The van der Waals surface area contributed by atoms with Crippen LogP contribution in [0.1, 0.15) is 37.5 Å². The Bertz CT molecular complexity index is 359. The molecule has 2 aliphatic rings. The minimum atomic E-state index is 0.714. The highest BCUT2D eigenvalue weighted by Gasteiger charge is 2.31. The molecule has 0 radical (unpaired) electrons. The summed E-state index contributed by atoms with van der Waals surface area (Å²) in [4.78, 5) is 4.28. The van der Waals surface area contributed by atoms with Crippen LogP contribution in [0, 0.1) is 5.92 Å². The van der Waals surface area contributed by atoms with Gasteiger partial charge in [-0.15, -0.1) is 11.3 Å². The van der Waals surface area contributed by atoms with Crippen molar-refractivity contribution in [2.45, 2.75) is 51.2 Å². The molecule has 1 aromatic rings. The van der Waals surface area contributed by atoms with E-state index in [1.165, 1.54) is 50.2 Å². The Balaban J connectivity index is 1.56. The zero-order valence-corrected chi connectivity index (χ0v) is 12.1. The highest BCUT2D eigenvalue weighted by Crippen LogP contribution is 2.31. The van der Waals surface area contributed by atoms with Crippen LogP contribution in [0.4, 0.5) is 0 Å². The Morgan fingerprint density at radius 2 is 2.28 bits per heavy atom. The summed E-state index contributed by atoms with van der Waals surface area (Å²) in [5.74, 6) is 0.904. The summed E-state index contributed by atoms with van der Waals surface area (Å²) < 4.78 is 0. The van der Waals surface area contributed by atoms with Gasteiger partial charge in [0.25, 0.3) is 0 Å². The molecule has 1 aromatic heterocycles. The molecule has 3 heteroatoms. The van der Waals surface area contributed by atoms with Gasteiger partial charge in [-0.1, -0.05) is 6.07 Å². The van der Waals surface area contributed by atoms with E-state index in [0.717, 1.165) is 12.0 Å². The van der Waals surface area contributed by atoms with Gasteiger partial charge in [0.05, 0.1) is 0 Å². The molecule has 2 nitrogen and oxygen atoms in total. The van der Waals surface area contributed by atoms with Crippen molar-refractivity contribution in [3.8, 4) is 0 Å². The molecular weight excluding hydrogens is 240 g/mol. The van der Waals surface area contributed by atoms with E-state index in [2.05, 4.69) is 34.7 Å². The van der Waals surface area contributed by atoms with Gasteiger partial charge in [0.1, 0.15) is 0 Å². The first kappa shape index (κ1) is 12.6. The average molecular weight is 264 g/mol. The summed E-state index contributed by atoms with van der Waals surface area (Å²) in [7, 11) is 0. The molecule has 0 bridgehead atoms. The summed E-state index contributed by atoms with van der Waals surface area (Å²) in [5.41, 5.74) is 0. The van der Waals surface area contributed by atoms with Crippen LogP contribution in [0.25, 0.3) is 0 Å². The largest absolute Gasteiger partial charge is 0.314 e. The molecule has 1 aliphatic heterocycles. The Morgan fingerprint density at radius 1 is 1.39 bits per heavy atom. The number of thiophene rings is 1. The quantitative estimate of drug-likeness (QED) is 0.879. The molecule has 3 rings (SSSR count). The molecule has 2 atom stereocenters. The topological polar surface area (TPSA) is 15.3 Å². The van der Waals surface area contributed by atoms with Crippen LogP contribution in [0.5, 0.6) is 0 Å². The highest BCUT2D eigenvalue weighted by molar-refractivity contribution is 7.09. The van der Waals surface area contributed by atoms with E-state index in [-0.39, 0.29) is 0 Å². The van der Waals surface area contributed by atoms with Crippen molar-refractivity contribution in [1.82, 2.24) is 10.2 Å². The average Bonchev–Trinajstić information content (AvgIpc) is 3.08. The van der Waals surface area contributed by atoms with Crippen LogP contribution in [0.2, 0.25) is 0 Å². The maximum atomic E-state index is 3.56. The van der Waals surface area contributed by atoms with Crippen molar-refractivity contribution < 1.29 is 0 Å². The van der Waals surface area contributed by atoms with Crippen molar-refractivity contribution >= 4 is 11.3 Å². The molecular formula is C15H24N2S. The summed E-state index contributed by atoms with van der Waals surface area (Å²) >= 11 is 1.90. The standard InChI is InChI=1S/C15H24N2S/c1-12-9-13(6-7-16-12)10-17(14-4-5-14)11-15-3-2-8-18-15/h2-3,8,12-14,16H,4-7,9-11H2,1H3. The molecule has 0 spiro atoms.